The van der Waals surface area contributed by atoms with Crippen LogP contribution in [-0.2, 0) is 4.79 Å². The van der Waals surface area contributed by atoms with Crippen LogP contribution in [0.5, 0.6) is 0 Å². The molecule has 114 valence electrons. The van der Waals surface area contributed by atoms with Crippen molar-refractivity contribution in [3.63, 3.8) is 0 Å². The Labute approximate surface area is 120 Å². The molecule has 0 radical (unpaired) electrons. The van der Waals surface area contributed by atoms with Crippen molar-refractivity contribution in [1.82, 2.24) is 10.2 Å². The summed E-state index contributed by atoms with van der Waals surface area (Å²) < 4.78 is 0. The third kappa shape index (κ3) is 4.12. The number of carbonyl (C=O) groups excluding carboxylic acids is 1. The zero-order chi connectivity index (χ0) is 14.8. The molecule has 2 rings (SSSR count). The lowest BCUT2D eigenvalue weighted by Gasteiger charge is -2.30. The van der Waals surface area contributed by atoms with Crippen LogP contribution in [0.25, 0.3) is 0 Å². The molecule has 0 aromatic carbocycles. The minimum Gasteiger partial charge on any atom is -0.480 e. The zero-order valence-electron chi connectivity index (χ0n) is 12.5. The first-order chi connectivity index (χ1) is 9.44. The number of nitrogens with zero attached hydrogens (tertiary/aromatic N) is 1. The zero-order valence-corrected chi connectivity index (χ0v) is 12.5. The van der Waals surface area contributed by atoms with Gasteiger partial charge in [0, 0.05) is 13.1 Å². The third-order valence-electron chi connectivity index (χ3n) is 4.24. The second-order valence-corrected chi connectivity index (χ2v) is 6.61. The highest BCUT2D eigenvalue weighted by molar-refractivity contribution is 5.85. The molecule has 20 heavy (non-hydrogen) atoms. The fourth-order valence-electron chi connectivity index (χ4n) is 2.50. The summed E-state index contributed by atoms with van der Waals surface area (Å²) in [5.74, 6) is 0.300. The van der Waals surface area contributed by atoms with E-state index >= 15 is 0 Å². The van der Waals surface area contributed by atoms with Crippen molar-refractivity contribution in [3.8, 4) is 0 Å². The predicted octanol–water partition coefficient (Wildman–Crippen LogP) is 2.46. The van der Waals surface area contributed by atoms with E-state index < -0.39 is 11.5 Å². The molecule has 0 bridgehead atoms. The molecule has 5 nitrogen and oxygen atoms in total. The molecule has 1 unspecified atom stereocenters. The van der Waals surface area contributed by atoms with Gasteiger partial charge in [0.25, 0.3) is 0 Å². The first kappa shape index (κ1) is 15.1. The fourth-order valence-corrected chi connectivity index (χ4v) is 2.50. The monoisotopic (exact) mass is 282 g/mol. The van der Waals surface area contributed by atoms with Gasteiger partial charge >= 0.3 is 12.0 Å². The number of hydrogen-bond acceptors (Lipinski definition) is 2. The number of hydrogen-bond donors (Lipinski definition) is 2. The summed E-state index contributed by atoms with van der Waals surface area (Å²) in [7, 11) is 0. The van der Waals surface area contributed by atoms with Crippen LogP contribution in [0.15, 0.2) is 0 Å². The van der Waals surface area contributed by atoms with E-state index in [2.05, 4.69) is 5.32 Å². The molecule has 2 aliphatic carbocycles. The van der Waals surface area contributed by atoms with Crippen molar-refractivity contribution in [3.05, 3.63) is 0 Å². The molecule has 0 aliphatic heterocycles. The van der Waals surface area contributed by atoms with E-state index in [-0.39, 0.29) is 6.03 Å². The molecule has 0 spiro atoms. The topological polar surface area (TPSA) is 69.6 Å². The minimum atomic E-state index is -1.16. The van der Waals surface area contributed by atoms with Gasteiger partial charge in [-0.1, -0.05) is 13.3 Å². The largest absolute Gasteiger partial charge is 0.480 e. The second kappa shape index (κ2) is 6.02. The van der Waals surface area contributed by atoms with E-state index in [9.17, 15) is 14.7 Å². The standard InChI is InChI=1S/C15H26N2O3/c1-3-8-15(2,13(18)19)16-14(20)17(9-11-4-5-11)10-12-6-7-12/h11-12H,3-10H2,1-2H3,(H,16,20)(H,18,19). The number of nitrogens with one attached hydrogen (secondary N) is 1. The lowest BCUT2D eigenvalue weighted by molar-refractivity contribution is -0.144. The molecule has 2 saturated carbocycles. The Morgan fingerprint density at radius 3 is 2.05 bits per heavy atom. The Morgan fingerprint density at radius 2 is 1.70 bits per heavy atom. The Bertz CT molecular complexity index is 363. The highest BCUT2D eigenvalue weighted by Crippen LogP contribution is 2.33. The number of carboxylic acid groups (broad SMARTS) is 1. The van der Waals surface area contributed by atoms with Gasteiger partial charge in [0.05, 0.1) is 0 Å². The average molecular weight is 282 g/mol. The minimum absolute atomic E-state index is 0.206. The fraction of sp³-hybridized carbons (Fsp3) is 0.867. The first-order valence-electron chi connectivity index (χ1n) is 7.75. The quantitative estimate of drug-likeness (QED) is 0.718. The van der Waals surface area contributed by atoms with Crippen molar-refractivity contribution in [1.29, 1.82) is 0 Å². The average Bonchev–Trinajstić information content (AvgIpc) is 3.23. The number of amides is 2. The Hall–Kier alpha value is -1.26. The number of urea groups is 1. The van der Waals surface area contributed by atoms with Gasteiger partial charge in [-0.05, 0) is 50.9 Å². The highest BCUT2D eigenvalue weighted by Gasteiger charge is 2.37. The lowest BCUT2D eigenvalue weighted by atomic mass is 9.96. The molecular formula is C15H26N2O3. The van der Waals surface area contributed by atoms with Gasteiger partial charge in [0.1, 0.15) is 5.54 Å². The summed E-state index contributed by atoms with van der Waals surface area (Å²) in [5.41, 5.74) is -1.16. The predicted molar refractivity (Wildman–Crippen MR) is 76.5 cm³/mol. The molecule has 2 fully saturated rings. The van der Waals surface area contributed by atoms with Crippen molar-refractivity contribution in [2.24, 2.45) is 11.8 Å². The van der Waals surface area contributed by atoms with Crippen LogP contribution in [0.1, 0.15) is 52.4 Å². The SMILES string of the molecule is CCCC(C)(NC(=O)N(CC1CC1)CC1CC1)C(=O)O. The second-order valence-electron chi connectivity index (χ2n) is 6.61. The van der Waals surface area contributed by atoms with Crippen LogP contribution < -0.4 is 5.32 Å². The van der Waals surface area contributed by atoms with Gasteiger partial charge in [0.15, 0.2) is 0 Å². The molecule has 2 amide bonds. The van der Waals surface area contributed by atoms with E-state index in [1.165, 1.54) is 25.7 Å². The molecule has 2 aliphatic rings. The molecule has 2 N–H and O–H groups in total. The maximum Gasteiger partial charge on any atom is 0.329 e. The van der Waals surface area contributed by atoms with Crippen LogP contribution in [-0.4, -0.2) is 40.6 Å². The first-order valence-corrected chi connectivity index (χ1v) is 7.75. The van der Waals surface area contributed by atoms with E-state index in [1.54, 1.807) is 6.92 Å². The van der Waals surface area contributed by atoms with Crippen molar-refractivity contribution < 1.29 is 14.7 Å². The molecule has 0 aromatic heterocycles. The van der Waals surface area contributed by atoms with E-state index in [1.807, 2.05) is 11.8 Å². The van der Waals surface area contributed by atoms with Crippen LogP contribution in [0, 0.1) is 11.8 Å². The van der Waals surface area contributed by atoms with Gasteiger partial charge in [-0.25, -0.2) is 9.59 Å². The van der Waals surface area contributed by atoms with Crippen molar-refractivity contribution in [2.75, 3.05) is 13.1 Å². The van der Waals surface area contributed by atoms with E-state index in [0.29, 0.717) is 18.3 Å². The molecule has 0 heterocycles. The molecule has 0 aromatic rings. The number of rotatable bonds is 8. The lowest BCUT2D eigenvalue weighted by Crippen LogP contribution is -2.56. The van der Waals surface area contributed by atoms with E-state index in [0.717, 1.165) is 19.5 Å². The molecular weight excluding hydrogens is 256 g/mol. The Balaban J connectivity index is 1.95. The maximum absolute atomic E-state index is 12.4. The van der Waals surface area contributed by atoms with Crippen LogP contribution >= 0.6 is 0 Å². The normalized spacial score (nSPS) is 21.1. The highest BCUT2D eigenvalue weighted by atomic mass is 16.4. The third-order valence-corrected chi connectivity index (χ3v) is 4.24. The van der Waals surface area contributed by atoms with Crippen LogP contribution in [0.4, 0.5) is 4.79 Å². The molecule has 1 atom stereocenters. The number of aliphatic carboxylic acids is 1. The van der Waals surface area contributed by atoms with Gasteiger partial charge in [-0.15, -0.1) is 0 Å². The van der Waals surface area contributed by atoms with Gasteiger partial charge < -0.3 is 15.3 Å². The van der Waals surface area contributed by atoms with Gasteiger partial charge in [0.2, 0.25) is 0 Å². The summed E-state index contributed by atoms with van der Waals surface area (Å²) in [6.45, 7) is 5.09. The van der Waals surface area contributed by atoms with E-state index in [4.69, 9.17) is 0 Å². The van der Waals surface area contributed by atoms with Crippen LogP contribution in [0.3, 0.4) is 0 Å². The van der Waals surface area contributed by atoms with Crippen molar-refractivity contribution >= 4 is 12.0 Å². The number of carbonyl (C=O) groups is 2. The summed E-state index contributed by atoms with van der Waals surface area (Å²) in [4.78, 5) is 25.7. The smallest absolute Gasteiger partial charge is 0.329 e. The van der Waals surface area contributed by atoms with Crippen LogP contribution in [0.2, 0.25) is 0 Å². The summed E-state index contributed by atoms with van der Waals surface area (Å²) >= 11 is 0. The summed E-state index contributed by atoms with van der Waals surface area (Å²) in [6.07, 6.45) is 5.96. The summed E-state index contributed by atoms with van der Waals surface area (Å²) in [6, 6.07) is -0.206. The summed E-state index contributed by atoms with van der Waals surface area (Å²) in [5, 5.41) is 12.1. The Kier molecular flexibility index (Phi) is 4.55. The molecule has 5 heteroatoms. The maximum atomic E-state index is 12.4. The number of carboxylic acids is 1. The van der Waals surface area contributed by atoms with Gasteiger partial charge in [-0.2, -0.15) is 0 Å². The Morgan fingerprint density at radius 1 is 1.20 bits per heavy atom. The van der Waals surface area contributed by atoms with Crippen molar-refractivity contribution in [2.45, 2.75) is 57.9 Å². The van der Waals surface area contributed by atoms with Gasteiger partial charge in [-0.3, -0.25) is 0 Å². The molecule has 0 saturated heterocycles.